The zero-order valence-corrected chi connectivity index (χ0v) is 9.30. The summed E-state index contributed by atoms with van der Waals surface area (Å²) in [6, 6.07) is 7.93. The minimum atomic E-state index is 0.733. The Hall–Kier alpha value is -0.730. The maximum Gasteiger partial charge on any atom is 0.0426 e. The summed E-state index contributed by atoms with van der Waals surface area (Å²) in [6.07, 6.45) is 1.01. The van der Waals surface area contributed by atoms with Gasteiger partial charge < -0.3 is 10.6 Å². The summed E-state index contributed by atoms with van der Waals surface area (Å²) in [5, 5.41) is 0.786. The molecule has 0 amide bonds. The third-order valence-electron chi connectivity index (χ3n) is 2.19. The number of anilines is 1. The molecule has 0 heterocycles. The summed E-state index contributed by atoms with van der Waals surface area (Å²) >= 11 is 5.93. The number of hydrogen-bond acceptors (Lipinski definition) is 2. The van der Waals surface area contributed by atoms with Gasteiger partial charge in [-0.2, -0.15) is 0 Å². The first-order valence-corrected chi connectivity index (χ1v) is 5.36. The van der Waals surface area contributed by atoms with Crippen molar-refractivity contribution in [2.24, 2.45) is 5.73 Å². The van der Waals surface area contributed by atoms with E-state index in [1.165, 1.54) is 5.69 Å². The Balaban J connectivity index is 2.68. The van der Waals surface area contributed by atoms with Crippen molar-refractivity contribution in [2.45, 2.75) is 13.3 Å². The largest absolute Gasteiger partial charge is 0.372 e. The molecular weight excluding hydrogens is 196 g/mol. The van der Waals surface area contributed by atoms with Gasteiger partial charge in [-0.15, -0.1) is 0 Å². The van der Waals surface area contributed by atoms with Crippen LogP contribution in [0.15, 0.2) is 24.3 Å². The normalized spacial score (nSPS) is 10.2. The lowest BCUT2D eigenvalue weighted by Crippen LogP contribution is -2.25. The molecule has 2 N–H and O–H groups in total. The molecule has 0 aliphatic rings. The Labute approximate surface area is 90.7 Å². The first-order chi connectivity index (χ1) is 6.77. The highest BCUT2D eigenvalue weighted by Gasteiger charge is 2.03. The van der Waals surface area contributed by atoms with Gasteiger partial charge in [0, 0.05) is 23.8 Å². The summed E-state index contributed by atoms with van der Waals surface area (Å²) in [4.78, 5) is 2.28. The van der Waals surface area contributed by atoms with Crippen LogP contribution >= 0.6 is 11.6 Å². The minimum Gasteiger partial charge on any atom is -0.372 e. The second-order valence-electron chi connectivity index (χ2n) is 3.20. The van der Waals surface area contributed by atoms with E-state index in [1.54, 1.807) is 0 Å². The van der Waals surface area contributed by atoms with Crippen LogP contribution in [-0.4, -0.2) is 19.6 Å². The van der Waals surface area contributed by atoms with Gasteiger partial charge in [0.2, 0.25) is 0 Å². The Morgan fingerprint density at radius 3 is 2.79 bits per heavy atom. The fraction of sp³-hybridized carbons (Fsp3) is 0.455. The van der Waals surface area contributed by atoms with Gasteiger partial charge in [0.15, 0.2) is 0 Å². The molecule has 0 atom stereocenters. The van der Waals surface area contributed by atoms with Crippen LogP contribution in [0.2, 0.25) is 5.02 Å². The molecule has 0 unspecified atom stereocenters. The van der Waals surface area contributed by atoms with Crippen LogP contribution in [0, 0.1) is 0 Å². The molecule has 0 spiro atoms. The highest BCUT2D eigenvalue weighted by Crippen LogP contribution is 2.19. The maximum atomic E-state index is 5.93. The van der Waals surface area contributed by atoms with Crippen LogP contribution in [0.5, 0.6) is 0 Å². The summed E-state index contributed by atoms with van der Waals surface area (Å²) < 4.78 is 0. The summed E-state index contributed by atoms with van der Waals surface area (Å²) in [7, 11) is 0. The molecule has 1 aromatic rings. The zero-order chi connectivity index (χ0) is 10.4. The van der Waals surface area contributed by atoms with E-state index in [-0.39, 0.29) is 0 Å². The van der Waals surface area contributed by atoms with Crippen LogP contribution in [0.3, 0.4) is 0 Å². The monoisotopic (exact) mass is 212 g/mol. The van der Waals surface area contributed by atoms with Crippen LogP contribution in [0.4, 0.5) is 5.69 Å². The molecule has 1 rings (SSSR count). The molecule has 0 bridgehead atoms. The molecule has 0 aliphatic carbocycles. The molecule has 14 heavy (non-hydrogen) atoms. The number of nitrogens with two attached hydrogens (primary N) is 1. The Morgan fingerprint density at radius 2 is 2.21 bits per heavy atom. The smallest absolute Gasteiger partial charge is 0.0426 e. The van der Waals surface area contributed by atoms with E-state index in [9.17, 15) is 0 Å². The molecule has 0 saturated carbocycles. The molecule has 0 saturated heterocycles. The quantitative estimate of drug-likeness (QED) is 0.813. The van der Waals surface area contributed by atoms with Gasteiger partial charge in [0.05, 0.1) is 0 Å². The lowest BCUT2D eigenvalue weighted by molar-refractivity contribution is 0.754. The highest BCUT2D eigenvalue weighted by atomic mass is 35.5. The first kappa shape index (κ1) is 11.3. The zero-order valence-electron chi connectivity index (χ0n) is 8.54. The highest BCUT2D eigenvalue weighted by molar-refractivity contribution is 6.30. The van der Waals surface area contributed by atoms with E-state index in [2.05, 4.69) is 17.9 Å². The van der Waals surface area contributed by atoms with E-state index in [1.807, 2.05) is 18.2 Å². The summed E-state index contributed by atoms with van der Waals surface area (Å²) in [6.45, 7) is 4.85. The number of rotatable bonds is 5. The Bertz CT molecular complexity index is 276. The predicted molar refractivity (Wildman–Crippen MR) is 63.0 cm³/mol. The average Bonchev–Trinajstić information content (AvgIpc) is 2.19. The van der Waals surface area contributed by atoms with Crippen LogP contribution in [0.1, 0.15) is 13.3 Å². The fourth-order valence-electron chi connectivity index (χ4n) is 1.42. The van der Waals surface area contributed by atoms with Gasteiger partial charge in [-0.25, -0.2) is 0 Å². The lowest BCUT2D eigenvalue weighted by Gasteiger charge is -2.22. The Kier molecular flexibility index (Phi) is 4.77. The van der Waals surface area contributed by atoms with Crippen molar-refractivity contribution in [3.8, 4) is 0 Å². The molecule has 1 aromatic carbocycles. The average molecular weight is 213 g/mol. The number of halogens is 1. The van der Waals surface area contributed by atoms with E-state index in [0.717, 1.165) is 31.1 Å². The SMILES string of the molecule is CCN(CCCN)c1cccc(Cl)c1. The molecule has 3 heteroatoms. The standard InChI is InChI=1S/C11H17ClN2/c1-2-14(8-4-7-13)11-6-3-5-10(12)9-11/h3,5-6,9H,2,4,7-8,13H2,1H3. The van der Waals surface area contributed by atoms with Crippen LogP contribution in [0.25, 0.3) is 0 Å². The van der Waals surface area contributed by atoms with Gasteiger partial charge in [-0.3, -0.25) is 0 Å². The molecule has 0 aromatic heterocycles. The van der Waals surface area contributed by atoms with E-state index >= 15 is 0 Å². The molecule has 78 valence electrons. The topological polar surface area (TPSA) is 29.3 Å². The number of hydrogen-bond donors (Lipinski definition) is 1. The molecule has 2 nitrogen and oxygen atoms in total. The van der Waals surface area contributed by atoms with E-state index in [4.69, 9.17) is 17.3 Å². The summed E-state index contributed by atoms with van der Waals surface area (Å²) in [5.74, 6) is 0. The lowest BCUT2D eigenvalue weighted by atomic mass is 10.2. The first-order valence-electron chi connectivity index (χ1n) is 4.98. The van der Waals surface area contributed by atoms with Crippen molar-refractivity contribution in [2.75, 3.05) is 24.5 Å². The van der Waals surface area contributed by atoms with E-state index in [0.29, 0.717) is 0 Å². The minimum absolute atomic E-state index is 0.733. The fourth-order valence-corrected chi connectivity index (χ4v) is 1.61. The van der Waals surface area contributed by atoms with Gasteiger partial charge in [-0.05, 0) is 38.1 Å². The van der Waals surface area contributed by atoms with Gasteiger partial charge in [0.1, 0.15) is 0 Å². The predicted octanol–water partition coefficient (Wildman–Crippen LogP) is 2.52. The second-order valence-corrected chi connectivity index (χ2v) is 3.64. The van der Waals surface area contributed by atoms with Crippen LogP contribution < -0.4 is 10.6 Å². The van der Waals surface area contributed by atoms with Gasteiger partial charge in [0.25, 0.3) is 0 Å². The third kappa shape index (κ3) is 3.20. The van der Waals surface area contributed by atoms with Gasteiger partial charge in [-0.1, -0.05) is 17.7 Å². The van der Waals surface area contributed by atoms with Crippen molar-refractivity contribution < 1.29 is 0 Å². The summed E-state index contributed by atoms with van der Waals surface area (Å²) in [5.41, 5.74) is 6.66. The van der Waals surface area contributed by atoms with Crippen molar-refractivity contribution in [1.29, 1.82) is 0 Å². The van der Waals surface area contributed by atoms with Gasteiger partial charge >= 0.3 is 0 Å². The Morgan fingerprint density at radius 1 is 1.43 bits per heavy atom. The second kappa shape index (κ2) is 5.89. The van der Waals surface area contributed by atoms with E-state index < -0.39 is 0 Å². The number of benzene rings is 1. The molecule has 0 aliphatic heterocycles. The molecular formula is C11H17ClN2. The number of nitrogens with zero attached hydrogens (tertiary/aromatic N) is 1. The molecule has 0 radical (unpaired) electrons. The maximum absolute atomic E-state index is 5.93. The van der Waals surface area contributed by atoms with Crippen LogP contribution in [-0.2, 0) is 0 Å². The van der Waals surface area contributed by atoms with Crippen molar-refractivity contribution in [3.05, 3.63) is 29.3 Å². The third-order valence-corrected chi connectivity index (χ3v) is 2.42. The molecule has 0 fully saturated rings. The van der Waals surface area contributed by atoms with Crippen molar-refractivity contribution in [3.63, 3.8) is 0 Å². The van der Waals surface area contributed by atoms with Crippen molar-refractivity contribution in [1.82, 2.24) is 0 Å². The van der Waals surface area contributed by atoms with Crippen molar-refractivity contribution >= 4 is 17.3 Å².